The van der Waals surface area contributed by atoms with Crippen LogP contribution < -0.4 is 5.73 Å². The summed E-state index contributed by atoms with van der Waals surface area (Å²) in [5.74, 6) is 0. The molecule has 0 aliphatic carbocycles. The van der Waals surface area contributed by atoms with Crippen LogP contribution in [-0.2, 0) is 0 Å². The van der Waals surface area contributed by atoms with Gasteiger partial charge in [-0.15, -0.1) is 11.8 Å². The van der Waals surface area contributed by atoms with Crippen LogP contribution in [0.1, 0.15) is 25.5 Å². The average molecular weight is 268 g/mol. The van der Waals surface area contributed by atoms with E-state index in [1.165, 1.54) is 10.5 Å². The van der Waals surface area contributed by atoms with Crippen LogP contribution in [0, 0.1) is 0 Å². The third-order valence-electron chi connectivity index (χ3n) is 2.88. The maximum Gasteiger partial charge on any atom is 0.0948 e. The van der Waals surface area contributed by atoms with Crippen LogP contribution in [0.25, 0.3) is 0 Å². The van der Waals surface area contributed by atoms with Crippen molar-refractivity contribution >= 4 is 29.0 Å². The van der Waals surface area contributed by atoms with E-state index in [-0.39, 0.29) is 6.04 Å². The molecule has 0 saturated heterocycles. The molecule has 17 heavy (non-hydrogen) atoms. The molecule has 0 aliphatic heterocycles. The number of thiocarbonyl (C=S) groups is 1. The highest BCUT2D eigenvalue weighted by atomic mass is 32.2. The molecule has 94 valence electrons. The van der Waals surface area contributed by atoms with Crippen molar-refractivity contribution in [2.45, 2.75) is 24.8 Å². The summed E-state index contributed by atoms with van der Waals surface area (Å²) in [5.41, 5.74) is 7.06. The number of nitrogens with two attached hydrogens (primary N) is 1. The third kappa shape index (κ3) is 3.69. The molecule has 0 fully saturated rings. The molecule has 0 saturated carbocycles. The van der Waals surface area contributed by atoms with Gasteiger partial charge in [-0.1, -0.05) is 38.2 Å². The van der Waals surface area contributed by atoms with E-state index in [1.807, 2.05) is 0 Å². The van der Waals surface area contributed by atoms with Crippen molar-refractivity contribution in [2.24, 2.45) is 5.73 Å². The van der Waals surface area contributed by atoms with Crippen molar-refractivity contribution in [2.75, 3.05) is 19.3 Å². The largest absolute Gasteiger partial charge is 0.392 e. The molecule has 0 bridgehead atoms. The van der Waals surface area contributed by atoms with Gasteiger partial charge in [-0.3, -0.25) is 4.90 Å². The minimum Gasteiger partial charge on any atom is -0.392 e. The van der Waals surface area contributed by atoms with E-state index in [4.69, 9.17) is 18.0 Å². The first kappa shape index (κ1) is 14.5. The monoisotopic (exact) mass is 268 g/mol. The van der Waals surface area contributed by atoms with Crippen molar-refractivity contribution in [1.82, 2.24) is 4.90 Å². The minimum atomic E-state index is 0.0518. The lowest BCUT2D eigenvalue weighted by Gasteiger charge is -2.29. The van der Waals surface area contributed by atoms with Crippen LogP contribution in [0.4, 0.5) is 0 Å². The summed E-state index contributed by atoms with van der Waals surface area (Å²) in [6.07, 6.45) is 2.07. The number of benzene rings is 1. The fraction of sp³-hybridized carbons (Fsp3) is 0.462. The zero-order chi connectivity index (χ0) is 12.8. The molecule has 0 radical (unpaired) electrons. The quantitative estimate of drug-likeness (QED) is 0.634. The Morgan fingerprint density at radius 2 is 1.82 bits per heavy atom. The fourth-order valence-electron chi connectivity index (χ4n) is 1.93. The van der Waals surface area contributed by atoms with Crippen LogP contribution in [-0.4, -0.2) is 29.2 Å². The molecule has 2 N–H and O–H groups in total. The zero-order valence-corrected chi connectivity index (χ0v) is 12.3. The summed E-state index contributed by atoms with van der Waals surface area (Å²) in [4.78, 5) is 4.08. The molecule has 0 aromatic heterocycles. The number of nitrogens with zero attached hydrogens (tertiary/aromatic N) is 1. The van der Waals surface area contributed by atoms with E-state index in [0.717, 1.165) is 13.1 Å². The van der Waals surface area contributed by atoms with Gasteiger partial charge in [0.2, 0.25) is 0 Å². The molecule has 1 unspecified atom stereocenters. The van der Waals surface area contributed by atoms with Gasteiger partial charge in [0.15, 0.2) is 0 Å². The van der Waals surface area contributed by atoms with Crippen LogP contribution in [0.3, 0.4) is 0 Å². The highest BCUT2D eigenvalue weighted by molar-refractivity contribution is 7.98. The molecule has 0 aliphatic rings. The molecule has 1 aromatic carbocycles. The Hall–Kier alpha value is -0.580. The second-order valence-electron chi connectivity index (χ2n) is 3.80. The Morgan fingerprint density at radius 1 is 1.29 bits per heavy atom. The number of hydrogen-bond acceptors (Lipinski definition) is 3. The highest BCUT2D eigenvalue weighted by Crippen LogP contribution is 2.23. The van der Waals surface area contributed by atoms with E-state index in [0.29, 0.717) is 4.99 Å². The van der Waals surface area contributed by atoms with Crippen LogP contribution >= 0.6 is 24.0 Å². The van der Waals surface area contributed by atoms with E-state index < -0.39 is 0 Å². The first-order valence-corrected chi connectivity index (χ1v) is 7.44. The summed E-state index contributed by atoms with van der Waals surface area (Å²) >= 11 is 6.94. The lowest BCUT2D eigenvalue weighted by molar-refractivity contribution is 0.272. The summed E-state index contributed by atoms with van der Waals surface area (Å²) < 4.78 is 0. The van der Waals surface area contributed by atoms with Crippen molar-refractivity contribution in [3.63, 3.8) is 0 Å². The topological polar surface area (TPSA) is 29.3 Å². The SMILES string of the molecule is CCN(CC)C(C(N)=S)c1ccc(SC)cc1. The first-order chi connectivity index (χ1) is 8.13. The van der Waals surface area contributed by atoms with Gasteiger partial charge in [-0.05, 0) is 37.0 Å². The number of rotatable bonds is 6. The van der Waals surface area contributed by atoms with E-state index in [1.54, 1.807) is 11.8 Å². The third-order valence-corrected chi connectivity index (χ3v) is 3.85. The molecule has 0 spiro atoms. The second kappa shape index (κ2) is 6.99. The van der Waals surface area contributed by atoms with Gasteiger partial charge in [0.05, 0.1) is 11.0 Å². The molecule has 1 aromatic rings. The molecule has 2 nitrogen and oxygen atoms in total. The van der Waals surface area contributed by atoms with Gasteiger partial charge in [0.1, 0.15) is 0 Å². The van der Waals surface area contributed by atoms with Crippen molar-refractivity contribution in [1.29, 1.82) is 0 Å². The summed E-state index contributed by atoms with van der Waals surface area (Å²) in [7, 11) is 0. The predicted molar refractivity (Wildman–Crippen MR) is 80.7 cm³/mol. The van der Waals surface area contributed by atoms with Gasteiger partial charge in [0.25, 0.3) is 0 Å². The van der Waals surface area contributed by atoms with Gasteiger partial charge in [0, 0.05) is 4.90 Å². The Morgan fingerprint density at radius 3 is 2.18 bits per heavy atom. The summed E-state index contributed by atoms with van der Waals surface area (Å²) in [5, 5.41) is 0. The van der Waals surface area contributed by atoms with Crippen LogP contribution in [0.5, 0.6) is 0 Å². The normalized spacial score (nSPS) is 12.7. The molecule has 0 heterocycles. The lowest BCUT2D eigenvalue weighted by Crippen LogP contribution is -2.36. The number of likely N-dealkylation sites (N-methyl/N-ethyl adjacent to an activating group) is 1. The van der Waals surface area contributed by atoms with Gasteiger partial charge in [-0.25, -0.2) is 0 Å². The number of hydrogen-bond donors (Lipinski definition) is 1. The zero-order valence-electron chi connectivity index (χ0n) is 10.6. The average Bonchev–Trinajstić information content (AvgIpc) is 2.35. The molecular weight excluding hydrogens is 248 g/mol. The van der Waals surface area contributed by atoms with Crippen LogP contribution in [0.2, 0.25) is 0 Å². The van der Waals surface area contributed by atoms with Gasteiger partial charge >= 0.3 is 0 Å². The van der Waals surface area contributed by atoms with Gasteiger partial charge < -0.3 is 5.73 Å². The van der Waals surface area contributed by atoms with E-state index >= 15 is 0 Å². The minimum absolute atomic E-state index is 0.0518. The van der Waals surface area contributed by atoms with Crippen molar-refractivity contribution in [3.05, 3.63) is 29.8 Å². The lowest BCUT2D eigenvalue weighted by atomic mass is 10.1. The maximum atomic E-state index is 5.88. The fourth-order valence-corrected chi connectivity index (χ4v) is 2.62. The van der Waals surface area contributed by atoms with Crippen LogP contribution in [0.15, 0.2) is 29.2 Å². The molecule has 0 amide bonds. The van der Waals surface area contributed by atoms with Crippen molar-refractivity contribution < 1.29 is 0 Å². The first-order valence-electron chi connectivity index (χ1n) is 5.81. The Labute approximate surface area is 114 Å². The Kier molecular flexibility index (Phi) is 5.95. The second-order valence-corrected chi connectivity index (χ2v) is 5.15. The smallest absolute Gasteiger partial charge is 0.0948 e. The maximum absolute atomic E-state index is 5.88. The Bertz CT molecular complexity index is 358. The standard InChI is InChI=1S/C13H20N2S2/c1-4-15(5-2)12(13(14)16)10-6-8-11(17-3)9-7-10/h6-9,12H,4-5H2,1-3H3,(H2,14,16). The molecule has 4 heteroatoms. The summed E-state index contributed by atoms with van der Waals surface area (Å²) in [6.45, 7) is 6.15. The molecular formula is C13H20N2S2. The van der Waals surface area contributed by atoms with E-state index in [9.17, 15) is 0 Å². The predicted octanol–water partition coefficient (Wildman–Crippen LogP) is 3.08. The Balaban J connectivity index is 3.00. The highest BCUT2D eigenvalue weighted by Gasteiger charge is 2.20. The summed E-state index contributed by atoms with van der Waals surface area (Å²) in [6, 6.07) is 8.53. The van der Waals surface area contributed by atoms with E-state index in [2.05, 4.69) is 49.3 Å². The number of thioether (sulfide) groups is 1. The molecule has 1 rings (SSSR count). The van der Waals surface area contributed by atoms with Gasteiger partial charge in [-0.2, -0.15) is 0 Å². The van der Waals surface area contributed by atoms with Crippen molar-refractivity contribution in [3.8, 4) is 0 Å². The molecule has 1 atom stereocenters.